The van der Waals surface area contributed by atoms with E-state index in [4.69, 9.17) is 9.47 Å². The molecule has 1 aliphatic rings. The van der Waals surface area contributed by atoms with Crippen LogP contribution in [-0.2, 0) is 14.3 Å². The van der Waals surface area contributed by atoms with Crippen molar-refractivity contribution in [2.24, 2.45) is 0 Å². The van der Waals surface area contributed by atoms with Crippen LogP contribution >= 0.6 is 0 Å². The molecule has 0 spiro atoms. The van der Waals surface area contributed by atoms with Gasteiger partial charge in [-0.05, 0) is 96.3 Å². The first-order chi connectivity index (χ1) is 40.2. The summed E-state index contributed by atoms with van der Waals surface area (Å²) in [6.07, 6.45) is 67.3. The maximum Gasteiger partial charge on any atom is 0.249 e. The van der Waals surface area contributed by atoms with Gasteiger partial charge in [0.2, 0.25) is 5.91 Å². The average molecular weight is 1160 g/mol. The summed E-state index contributed by atoms with van der Waals surface area (Å²) in [7, 11) is 0. The summed E-state index contributed by atoms with van der Waals surface area (Å²) in [5, 5.41) is 76.4. The second-order valence-electron chi connectivity index (χ2n) is 24.2. The highest BCUT2D eigenvalue weighted by molar-refractivity contribution is 5.80. The van der Waals surface area contributed by atoms with E-state index in [2.05, 4.69) is 79.9 Å². The third-order valence-corrected chi connectivity index (χ3v) is 16.5. The molecule has 11 heteroatoms. The Morgan fingerprint density at radius 3 is 1.16 bits per heavy atom. The van der Waals surface area contributed by atoms with Crippen LogP contribution in [0.15, 0.2) is 60.8 Å². The molecule has 0 aromatic carbocycles. The second kappa shape index (κ2) is 59.2. The molecule has 1 aliphatic heterocycles. The van der Waals surface area contributed by atoms with Gasteiger partial charge in [-0.3, -0.25) is 4.79 Å². The Balaban J connectivity index is 2.23. The lowest BCUT2D eigenvalue weighted by molar-refractivity contribution is -0.303. The molecule has 1 rings (SSSR count). The molecule has 11 nitrogen and oxygen atoms in total. The monoisotopic (exact) mass is 1160 g/mol. The van der Waals surface area contributed by atoms with Crippen molar-refractivity contribution < 1.29 is 50.0 Å². The normalized spacial score (nSPS) is 19.5. The van der Waals surface area contributed by atoms with Crippen LogP contribution in [0.5, 0.6) is 0 Å². The summed E-state index contributed by atoms with van der Waals surface area (Å²) < 4.78 is 11.2. The maximum absolute atomic E-state index is 13.2. The van der Waals surface area contributed by atoms with Gasteiger partial charge in [-0.25, -0.2) is 0 Å². The predicted octanol–water partition coefficient (Wildman–Crippen LogP) is 16.5. The number of hydrogen-bond acceptors (Lipinski definition) is 10. The molecule has 1 amide bonds. The van der Waals surface area contributed by atoms with Gasteiger partial charge in [0.1, 0.15) is 36.6 Å². The predicted molar refractivity (Wildman–Crippen MR) is 344 cm³/mol. The van der Waals surface area contributed by atoms with Crippen LogP contribution < -0.4 is 5.32 Å². The lowest BCUT2D eigenvalue weighted by Crippen LogP contribution is -2.60. The number of ether oxygens (including phenoxy) is 2. The van der Waals surface area contributed by atoms with Crippen molar-refractivity contribution in [1.82, 2.24) is 5.32 Å². The first-order valence-electron chi connectivity index (χ1n) is 34.7. The van der Waals surface area contributed by atoms with Crippen LogP contribution in [0.2, 0.25) is 0 Å². The van der Waals surface area contributed by atoms with Crippen LogP contribution in [0.3, 0.4) is 0 Å². The van der Waals surface area contributed by atoms with Gasteiger partial charge in [0.05, 0.1) is 25.4 Å². The van der Waals surface area contributed by atoms with E-state index in [1.165, 1.54) is 218 Å². The Labute approximate surface area is 503 Å². The second-order valence-corrected chi connectivity index (χ2v) is 24.2. The van der Waals surface area contributed by atoms with Gasteiger partial charge in [-0.15, -0.1) is 0 Å². The van der Waals surface area contributed by atoms with Gasteiger partial charge in [0, 0.05) is 0 Å². The quantitative estimate of drug-likeness (QED) is 0.0215. The van der Waals surface area contributed by atoms with Crippen molar-refractivity contribution >= 4 is 5.91 Å². The fourth-order valence-electron chi connectivity index (χ4n) is 10.9. The van der Waals surface area contributed by atoms with Crippen molar-refractivity contribution in [1.29, 1.82) is 0 Å². The van der Waals surface area contributed by atoms with E-state index in [9.17, 15) is 40.5 Å². The summed E-state index contributed by atoms with van der Waals surface area (Å²) >= 11 is 0. The van der Waals surface area contributed by atoms with E-state index in [1.807, 2.05) is 0 Å². The minimum absolute atomic E-state index is 0.240. The van der Waals surface area contributed by atoms with Crippen LogP contribution in [0, 0.1) is 0 Å². The van der Waals surface area contributed by atoms with E-state index in [-0.39, 0.29) is 12.8 Å². The molecule has 0 radical (unpaired) electrons. The molecule has 1 saturated heterocycles. The Hall–Kier alpha value is -2.19. The van der Waals surface area contributed by atoms with E-state index in [1.54, 1.807) is 0 Å². The van der Waals surface area contributed by atoms with Crippen LogP contribution in [0.4, 0.5) is 0 Å². The van der Waals surface area contributed by atoms with Gasteiger partial charge >= 0.3 is 0 Å². The zero-order valence-electron chi connectivity index (χ0n) is 53.0. The largest absolute Gasteiger partial charge is 0.394 e. The molecular weight excluding hydrogens is 1030 g/mol. The van der Waals surface area contributed by atoms with E-state index >= 15 is 0 Å². The van der Waals surface area contributed by atoms with Gasteiger partial charge in [-0.2, -0.15) is 0 Å². The third-order valence-electron chi connectivity index (χ3n) is 16.5. The molecule has 1 fully saturated rings. The first kappa shape index (κ1) is 77.8. The molecule has 9 unspecified atom stereocenters. The molecule has 0 aromatic rings. The minimum atomic E-state index is -1.68. The smallest absolute Gasteiger partial charge is 0.249 e. The minimum Gasteiger partial charge on any atom is -0.394 e. The van der Waals surface area contributed by atoms with E-state index in [0.717, 1.165) is 51.4 Å². The molecule has 0 aliphatic carbocycles. The topological polar surface area (TPSA) is 189 Å². The van der Waals surface area contributed by atoms with Crippen molar-refractivity contribution in [3.05, 3.63) is 60.8 Å². The summed E-state index contributed by atoms with van der Waals surface area (Å²) in [5.74, 6) is -0.710. The van der Waals surface area contributed by atoms with E-state index in [0.29, 0.717) is 19.3 Å². The van der Waals surface area contributed by atoms with Gasteiger partial charge in [0.15, 0.2) is 6.29 Å². The average Bonchev–Trinajstić information content (AvgIpc) is 3.49. The number of nitrogens with one attached hydrogen (secondary N) is 1. The first-order valence-corrected chi connectivity index (χ1v) is 34.7. The number of aliphatic hydroxyl groups is 7. The van der Waals surface area contributed by atoms with Crippen molar-refractivity contribution in [2.75, 3.05) is 13.2 Å². The lowest BCUT2D eigenvalue weighted by Gasteiger charge is -2.40. The zero-order valence-corrected chi connectivity index (χ0v) is 53.0. The molecule has 480 valence electrons. The number of rotatable bonds is 60. The summed E-state index contributed by atoms with van der Waals surface area (Å²) in [6.45, 7) is 3.47. The standard InChI is InChI=1S/C71H131NO10/c1-3-5-7-9-11-13-15-17-19-21-23-25-27-28-29-30-31-32-33-34-35-37-39-41-43-45-47-49-51-53-55-57-59-64(75)70(80)72-62(61-81-71-69(79)68(78)67(77)65(60-73)82-71)66(76)63(74)58-56-54-52-50-48-46-44-42-40-38-36-26-24-22-20-18-16-14-12-10-8-6-4-2/h23,25-26,28-29,36,42,44,50,52,62-69,71,73-79H,3-22,24,27,30-35,37-41,43,45-49,51,53-61H2,1-2H3,(H,72,80)/b25-23-,29-28-,36-26+,44-42+,52-50+. The maximum atomic E-state index is 13.2. The fourth-order valence-corrected chi connectivity index (χ4v) is 10.9. The fraction of sp³-hybridized carbons (Fsp3) is 0.845. The van der Waals surface area contributed by atoms with Crippen molar-refractivity contribution in [2.45, 2.75) is 371 Å². The summed E-state index contributed by atoms with van der Waals surface area (Å²) in [4.78, 5) is 13.2. The number of carbonyl (C=O) groups is 1. The van der Waals surface area contributed by atoms with Gasteiger partial charge in [-0.1, -0.05) is 280 Å². The molecule has 9 atom stereocenters. The molecule has 0 aromatic heterocycles. The molecule has 1 heterocycles. The molecule has 0 bridgehead atoms. The van der Waals surface area contributed by atoms with Gasteiger partial charge < -0.3 is 50.5 Å². The number of carbonyl (C=O) groups excluding carboxylic acids is 1. The highest BCUT2D eigenvalue weighted by Gasteiger charge is 2.44. The van der Waals surface area contributed by atoms with Crippen LogP contribution in [-0.4, -0.2) is 110 Å². The van der Waals surface area contributed by atoms with E-state index < -0.39 is 74.2 Å². The van der Waals surface area contributed by atoms with Crippen molar-refractivity contribution in [3.63, 3.8) is 0 Å². The Morgan fingerprint density at radius 2 is 0.768 bits per heavy atom. The zero-order chi connectivity index (χ0) is 59.6. The highest BCUT2D eigenvalue weighted by Crippen LogP contribution is 2.24. The van der Waals surface area contributed by atoms with Crippen LogP contribution in [0.1, 0.15) is 316 Å². The SMILES string of the molecule is CCCCCCCCCCC/C=C\C/C=C\CCCCCCCCCCCCCCCCCCC(O)C(=O)NC(COC1OC(CO)C(O)C(O)C1O)C(O)C(O)CCC/C=C/CC/C=C/CC/C=C/CCCCCCCCCCCC. The number of amides is 1. The highest BCUT2D eigenvalue weighted by atomic mass is 16.7. The molecule has 82 heavy (non-hydrogen) atoms. The third kappa shape index (κ3) is 46.1. The van der Waals surface area contributed by atoms with Crippen LogP contribution in [0.25, 0.3) is 0 Å². The Morgan fingerprint density at radius 1 is 0.427 bits per heavy atom. The Bertz CT molecular complexity index is 1520. The summed E-state index contributed by atoms with van der Waals surface area (Å²) in [6, 6.07) is -1.20. The number of hydrogen-bond donors (Lipinski definition) is 8. The molecule has 0 saturated carbocycles. The number of allylic oxidation sites excluding steroid dienone is 10. The lowest BCUT2D eigenvalue weighted by atomic mass is 9.98. The van der Waals surface area contributed by atoms with Crippen molar-refractivity contribution in [3.8, 4) is 0 Å². The molecular formula is C71H131NO10. The number of aliphatic hydroxyl groups excluding tert-OH is 7. The van der Waals surface area contributed by atoms with Gasteiger partial charge in [0.25, 0.3) is 0 Å². The molecule has 8 N–H and O–H groups in total. The summed E-state index contributed by atoms with van der Waals surface area (Å²) in [5.41, 5.74) is 0. The Kier molecular flexibility index (Phi) is 56.1. The number of unbranched alkanes of at least 4 members (excludes halogenated alkanes) is 38.